The van der Waals surface area contributed by atoms with Gasteiger partial charge >= 0.3 is 6.18 Å². The summed E-state index contributed by atoms with van der Waals surface area (Å²) < 4.78 is 37.1. The zero-order valence-corrected chi connectivity index (χ0v) is 9.81. The zero-order valence-electron chi connectivity index (χ0n) is 8.99. The van der Waals surface area contributed by atoms with Crippen molar-refractivity contribution < 1.29 is 18.0 Å². The Bertz CT molecular complexity index is 572. The van der Waals surface area contributed by atoms with E-state index < -0.39 is 11.7 Å². The molecule has 2 N–H and O–H groups in total. The molecule has 1 aromatic carbocycles. The molecule has 2 aromatic rings. The molecule has 0 radical (unpaired) electrons. The van der Waals surface area contributed by atoms with Crippen LogP contribution in [0.2, 0.25) is 0 Å². The highest BCUT2D eigenvalue weighted by Crippen LogP contribution is 2.30. The molecule has 0 saturated carbocycles. The first-order chi connectivity index (χ1) is 8.39. The van der Waals surface area contributed by atoms with Gasteiger partial charge in [0.2, 0.25) is 0 Å². The summed E-state index contributed by atoms with van der Waals surface area (Å²) in [5, 5.41) is 2.02. The van der Waals surface area contributed by atoms with E-state index in [2.05, 4.69) is 0 Å². The van der Waals surface area contributed by atoms with E-state index >= 15 is 0 Å². The van der Waals surface area contributed by atoms with Crippen molar-refractivity contribution in [3.63, 3.8) is 0 Å². The highest BCUT2D eigenvalue weighted by atomic mass is 32.1. The molecular weight excluding hydrogens is 263 g/mol. The van der Waals surface area contributed by atoms with E-state index in [-0.39, 0.29) is 11.3 Å². The lowest BCUT2D eigenvalue weighted by atomic mass is 10.0. The molecule has 1 heterocycles. The van der Waals surface area contributed by atoms with Crippen molar-refractivity contribution in [3.8, 4) is 0 Å². The number of benzene rings is 1. The molecule has 2 nitrogen and oxygen atoms in total. The van der Waals surface area contributed by atoms with Crippen LogP contribution in [0.5, 0.6) is 0 Å². The molecule has 0 amide bonds. The Hall–Kier alpha value is -1.82. The molecule has 0 fully saturated rings. The zero-order chi connectivity index (χ0) is 13.3. The molecule has 0 bridgehead atoms. The Kier molecular flexibility index (Phi) is 3.13. The van der Waals surface area contributed by atoms with Crippen LogP contribution in [0.1, 0.15) is 21.5 Å². The number of halogens is 3. The molecule has 0 aliphatic heterocycles. The lowest BCUT2D eigenvalue weighted by Crippen LogP contribution is -2.07. The van der Waals surface area contributed by atoms with E-state index in [1.165, 1.54) is 11.3 Å². The summed E-state index contributed by atoms with van der Waals surface area (Å²) in [6.45, 7) is 0. The molecular formula is C12H8F3NOS. The molecule has 2 rings (SSSR count). The van der Waals surface area contributed by atoms with Crippen LogP contribution in [0.25, 0.3) is 0 Å². The molecule has 6 heteroatoms. The molecule has 18 heavy (non-hydrogen) atoms. The number of carbonyl (C=O) groups excluding carboxylic acids is 1. The van der Waals surface area contributed by atoms with Crippen molar-refractivity contribution in [1.82, 2.24) is 0 Å². The van der Waals surface area contributed by atoms with Crippen molar-refractivity contribution >= 4 is 22.1 Å². The average molecular weight is 271 g/mol. The molecule has 1 aromatic heterocycles. The van der Waals surface area contributed by atoms with Gasteiger partial charge in [-0.25, -0.2) is 0 Å². The van der Waals surface area contributed by atoms with Crippen LogP contribution >= 0.6 is 11.3 Å². The summed E-state index contributed by atoms with van der Waals surface area (Å²) >= 11 is 1.21. The van der Waals surface area contributed by atoms with Crippen LogP contribution in [0.3, 0.4) is 0 Å². The lowest BCUT2D eigenvalue weighted by Gasteiger charge is -2.07. The average Bonchev–Trinajstić information content (AvgIpc) is 2.73. The maximum atomic E-state index is 12.4. The first kappa shape index (κ1) is 12.6. The van der Waals surface area contributed by atoms with Gasteiger partial charge in [-0.15, -0.1) is 11.3 Å². The molecule has 0 spiro atoms. The Morgan fingerprint density at radius 1 is 1.11 bits per heavy atom. The molecule has 0 unspecified atom stereocenters. The summed E-state index contributed by atoms with van der Waals surface area (Å²) in [7, 11) is 0. The van der Waals surface area contributed by atoms with Crippen LogP contribution < -0.4 is 5.73 Å². The second kappa shape index (κ2) is 4.45. The first-order valence-corrected chi connectivity index (χ1v) is 5.82. The van der Waals surface area contributed by atoms with Crippen molar-refractivity contribution in [2.45, 2.75) is 6.18 Å². The number of alkyl halides is 3. The summed E-state index contributed by atoms with van der Waals surface area (Å²) in [6.07, 6.45) is -4.40. The minimum absolute atomic E-state index is 0.188. The fraction of sp³-hybridized carbons (Fsp3) is 0.0833. The number of hydrogen-bond donors (Lipinski definition) is 1. The van der Waals surface area contributed by atoms with Gasteiger partial charge < -0.3 is 5.73 Å². The third-order valence-electron chi connectivity index (χ3n) is 2.41. The molecule has 0 aliphatic carbocycles. The normalized spacial score (nSPS) is 11.5. The Balaban J connectivity index is 2.31. The van der Waals surface area contributed by atoms with Gasteiger partial charge in [-0.05, 0) is 23.6 Å². The molecule has 94 valence electrons. The number of ketones is 1. The van der Waals surface area contributed by atoms with Gasteiger partial charge in [0.1, 0.15) is 0 Å². The van der Waals surface area contributed by atoms with E-state index in [0.29, 0.717) is 10.6 Å². The van der Waals surface area contributed by atoms with E-state index in [0.717, 1.165) is 24.3 Å². The van der Waals surface area contributed by atoms with Crippen LogP contribution in [0.15, 0.2) is 35.7 Å². The van der Waals surface area contributed by atoms with Crippen molar-refractivity contribution in [2.75, 3.05) is 5.73 Å². The highest BCUT2D eigenvalue weighted by Gasteiger charge is 2.30. The number of nitrogens with two attached hydrogens (primary N) is 1. The van der Waals surface area contributed by atoms with E-state index in [4.69, 9.17) is 5.73 Å². The van der Waals surface area contributed by atoms with Crippen molar-refractivity contribution in [2.24, 2.45) is 0 Å². The molecule has 0 atom stereocenters. The van der Waals surface area contributed by atoms with E-state index in [1.54, 1.807) is 11.4 Å². The molecule has 0 saturated heterocycles. The lowest BCUT2D eigenvalue weighted by molar-refractivity contribution is -0.137. The predicted octanol–water partition coefficient (Wildman–Crippen LogP) is 3.58. The number of nitrogen functional groups attached to an aromatic ring is 1. The van der Waals surface area contributed by atoms with Crippen molar-refractivity contribution in [1.29, 1.82) is 0 Å². The van der Waals surface area contributed by atoms with Gasteiger partial charge in [-0.3, -0.25) is 4.79 Å². The van der Waals surface area contributed by atoms with Gasteiger partial charge in [0, 0.05) is 5.56 Å². The number of thiophene rings is 1. The Morgan fingerprint density at radius 3 is 2.17 bits per heavy atom. The van der Waals surface area contributed by atoms with Gasteiger partial charge in [-0.1, -0.05) is 12.1 Å². The number of hydrogen-bond acceptors (Lipinski definition) is 3. The fourth-order valence-electron chi connectivity index (χ4n) is 1.47. The van der Waals surface area contributed by atoms with Crippen LogP contribution in [0.4, 0.5) is 18.2 Å². The number of carbonyl (C=O) groups is 1. The highest BCUT2D eigenvalue weighted by molar-refractivity contribution is 7.14. The number of rotatable bonds is 2. The smallest absolute Gasteiger partial charge is 0.390 e. The van der Waals surface area contributed by atoms with Gasteiger partial charge in [0.05, 0.1) is 16.1 Å². The van der Waals surface area contributed by atoms with Crippen LogP contribution in [-0.4, -0.2) is 5.78 Å². The van der Waals surface area contributed by atoms with Crippen LogP contribution in [-0.2, 0) is 6.18 Å². The monoisotopic (exact) mass is 271 g/mol. The minimum Gasteiger partial charge on any atom is -0.390 e. The predicted molar refractivity (Wildman–Crippen MR) is 63.6 cm³/mol. The van der Waals surface area contributed by atoms with E-state index in [1.807, 2.05) is 0 Å². The Morgan fingerprint density at radius 2 is 1.72 bits per heavy atom. The minimum atomic E-state index is -4.40. The summed E-state index contributed by atoms with van der Waals surface area (Å²) in [4.78, 5) is 11.9. The maximum absolute atomic E-state index is 12.4. The number of anilines is 1. The van der Waals surface area contributed by atoms with Gasteiger partial charge in [-0.2, -0.15) is 13.2 Å². The second-order valence-electron chi connectivity index (χ2n) is 3.60. The third-order valence-corrected chi connectivity index (χ3v) is 3.16. The third kappa shape index (κ3) is 2.38. The second-order valence-corrected chi connectivity index (χ2v) is 4.55. The standard InChI is InChI=1S/C12H8F3NOS/c13-12(14,15)8-3-1-7(2-4-8)10(17)9-5-6-18-11(9)16/h1-6H,16H2. The Labute approximate surface area is 105 Å². The quantitative estimate of drug-likeness (QED) is 0.848. The largest absolute Gasteiger partial charge is 0.416 e. The topological polar surface area (TPSA) is 43.1 Å². The fourth-order valence-corrected chi connectivity index (χ4v) is 2.11. The van der Waals surface area contributed by atoms with Gasteiger partial charge in [0.25, 0.3) is 0 Å². The first-order valence-electron chi connectivity index (χ1n) is 4.94. The van der Waals surface area contributed by atoms with Gasteiger partial charge in [0.15, 0.2) is 5.78 Å². The van der Waals surface area contributed by atoms with Crippen molar-refractivity contribution in [3.05, 3.63) is 52.4 Å². The summed E-state index contributed by atoms with van der Waals surface area (Å²) in [5.74, 6) is -0.373. The van der Waals surface area contributed by atoms with E-state index in [9.17, 15) is 18.0 Å². The summed E-state index contributed by atoms with van der Waals surface area (Å²) in [5.41, 5.74) is 5.32. The SMILES string of the molecule is Nc1sccc1C(=O)c1ccc(C(F)(F)F)cc1. The maximum Gasteiger partial charge on any atom is 0.416 e. The molecule has 0 aliphatic rings. The summed E-state index contributed by atoms with van der Waals surface area (Å²) in [6, 6.07) is 5.64. The van der Waals surface area contributed by atoms with Crippen LogP contribution in [0, 0.1) is 0 Å².